The molecule has 27 heavy (non-hydrogen) atoms. The van der Waals surface area contributed by atoms with Gasteiger partial charge in [0, 0.05) is 30.5 Å². The number of rotatable bonds is 6. The van der Waals surface area contributed by atoms with Crippen molar-refractivity contribution < 1.29 is 9.59 Å². The highest BCUT2D eigenvalue weighted by molar-refractivity contribution is 7.14. The van der Waals surface area contributed by atoms with E-state index in [1.165, 1.54) is 16.9 Å². The Balaban J connectivity index is 1.69. The number of hydrogen-bond donors (Lipinski definition) is 0. The van der Waals surface area contributed by atoms with Crippen LogP contribution in [-0.4, -0.2) is 16.3 Å². The molecular formula is C22H22N2O2S. The average Bonchev–Trinajstić information content (AvgIpc) is 3.10. The van der Waals surface area contributed by atoms with Gasteiger partial charge in [-0.3, -0.25) is 9.59 Å². The number of nitrogens with zero attached hydrogens (tertiary/aromatic N) is 2. The minimum Gasteiger partial charge on any atom is -0.329 e. The molecule has 0 saturated carbocycles. The molecule has 0 atom stereocenters. The first-order valence-electron chi connectivity index (χ1n) is 8.89. The number of pyridine rings is 1. The molecule has 0 aliphatic carbocycles. The summed E-state index contributed by atoms with van der Waals surface area (Å²) in [4.78, 5) is 30.5. The maximum absolute atomic E-state index is 12.3. The second-order valence-corrected chi connectivity index (χ2v) is 7.80. The molecule has 0 spiro atoms. The van der Waals surface area contributed by atoms with Crippen molar-refractivity contribution in [2.24, 2.45) is 4.99 Å². The Hall–Kier alpha value is -2.79. The van der Waals surface area contributed by atoms with Crippen LogP contribution >= 0.6 is 11.3 Å². The highest BCUT2D eigenvalue weighted by atomic mass is 32.1. The fraction of sp³-hybridized carbons (Fsp3) is 0.227. The fourth-order valence-corrected chi connectivity index (χ4v) is 3.54. The van der Waals surface area contributed by atoms with Crippen LogP contribution in [0.1, 0.15) is 38.5 Å². The summed E-state index contributed by atoms with van der Waals surface area (Å²) in [5.41, 5.74) is 2.95. The summed E-state index contributed by atoms with van der Waals surface area (Å²) in [5, 5.41) is 0. The molecule has 0 unspecified atom stereocenters. The van der Waals surface area contributed by atoms with Crippen LogP contribution in [0.5, 0.6) is 0 Å². The van der Waals surface area contributed by atoms with Gasteiger partial charge in [0.1, 0.15) is 5.49 Å². The van der Waals surface area contributed by atoms with E-state index in [1.807, 2.05) is 48.0 Å². The van der Waals surface area contributed by atoms with Crippen LogP contribution in [0.2, 0.25) is 0 Å². The van der Waals surface area contributed by atoms with Gasteiger partial charge in [-0.2, -0.15) is 4.99 Å². The number of amides is 1. The number of aromatic nitrogens is 1. The monoisotopic (exact) mass is 378 g/mol. The zero-order valence-corrected chi connectivity index (χ0v) is 16.3. The van der Waals surface area contributed by atoms with E-state index in [4.69, 9.17) is 0 Å². The Bertz CT molecular complexity index is 1010. The molecule has 3 rings (SSSR count). The SMILES string of the molecule is Cc1ccc(Cn2ccccc2=NC(=O)CCC(=O)c2ccc(C)s2)cc1. The smallest absolute Gasteiger partial charge is 0.248 e. The average molecular weight is 378 g/mol. The molecule has 2 heterocycles. The zero-order chi connectivity index (χ0) is 19.2. The van der Waals surface area contributed by atoms with Crippen LogP contribution in [0.15, 0.2) is 65.8 Å². The molecule has 3 aromatic rings. The molecule has 1 amide bonds. The van der Waals surface area contributed by atoms with Gasteiger partial charge in [0.25, 0.3) is 0 Å². The lowest BCUT2D eigenvalue weighted by Crippen LogP contribution is -2.22. The van der Waals surface area contributed by atoms with Crippen molar-refractivity contribution in [3.05, 3.63) is 87.2 Å². The molecule has 0 fully saturated rings. The van der Waals surface area contributed by atoms with E-state index in [0.29, 0.717) is 16.9 Å². The number of thiophene rings is 1. The summed E-state index contributed by atoms with van der Waals surface area (Å²) in [6.45, 7) is 4.66. The topological polar surface area (TPSA) is 51.4 Å². The van der Waals surface area contributed by atoms with E-state index < -0.39 is 0 Å². The van der Waals surface area contributed by atoms with Gasteiger partial charge in [0.15, 0.2) is 5.78 Å². The molecule has 5 heteroatoms. The Morgan fingerprint density at radius 1 is 0.963 bits per heavy atom. The molecule has 138 valence electrons. The first kappa shape index (κ1) is 19.0. The fourth-order valence-electron chi connectivity index (χ4n) is 2.70. The second-order valence-electron chi connectivity index (χ2n) is 6.51. The molecule has 2 aromatic heterocycles. The Kier molecular flexibility index (Phi) is 6.14. The molecule has 0 saturated heterocycles. The number of Topliss-reactive ketones (excluding diaryl/α,β-unsaturated/α-hetero) is 1. The van der Waals surface area contributed by atoms with Gasteiger partial charge in [-0.15, -0.1) is 11.3 Å². The van der Waals surface area contributed by atoms with Crippen LogP contribution in [-0.2, 0) is 11.3 Å². The number of benzene rings is 1. The first-order chi connectivity index (χ1) is 13.0. The molecular weight excluding hydrogens is 356 g/mol. The third-order valence-corrected chi connectivity index (χ3v) is 5.25. The van der Waals surface area contributed by atoms with E-state index in [2.05, 4.69) is 36.2 Å². The highest BCUT2D eigenvalue weighted by Crippen LogP contribution is 2.17. The molecule has 0 N–H and O–H groups in total. The molecule has 0 aliphatic heterocycles. The molecule has 0 aliphatic rings. The zero-order valence-electron chi connectivity index (χ0n) is 15.5. The normalized spacial score (nSPS) is 11.6. The quantitative estimate of drug-likeness (QED) is 0.600. The third kappa shape index (κ3) is 5.34. The molecule has 0 bridgehead atoms. The lowest BCUT2D eigenvalue weighted by atomic mass is 10.1. The van der Waals surface area contributed by atoms with Crippen LogP contribution < -0.4 is 5.49 Å². The summed E-state index contributed by atoms with van der Waals surface area (Å²) in [5.74, 6) is -0.280. The Labute approximate surface area is 162 Å². The second kappa shape index (κ2) is 8.73. The predicted octanol–water partition coefficient (Wildman–Crippen LogP) is 4.31. The molecule has 4 nitrogen and oxygen atoms in total. The summed E-state index contributed by atoms with van der Waals surface area (Å²) in [7, 11) is 0. The Morgan fingerprint density at radius 3 is 2.44 bits per heavy atom. The van der Waals surface area contributed by atoms with Gasteiger partial charge < -0.3 is 4.57 Å². The minimum absolute atomic E-state index is 0.00255. The van der Waals surface area contributed by atoms with Crippen molar-refractivity contribution in [2.45, 2.75) is 33.2 Å². The number of carbonyl (C=O) groups excluding carboxylic acids is 2. The molecule has 0 radical (unpaired) electrons. The van der Waals surface area contributed by atoms with Crippen LogP contribution in [0, 0.1) is 13.8 Å². The maximum Gasteiger partial charge on any atom is 0.248 e. The van der Waals surface area contributed by atoms with E-state index >= 15 is 0 Å². The van der Waals surface area contributed by atoms with Crippen molar-refractivity contribution in [1.29, 1.82) is 0 Å². The number of hydrogen-bond acceptors (Lipinski definition) is 3. The van der Waals surface area contributed by atoms with Crippen molar-refractivity contribution in [3.8, 4) is 0 Å². The lowest BCUT2D eigenvalue weighted by Gasteiger charge is -2.07. The Morgan fingerprint density at radius 2 is 1.74 bits per heavy atom. The highest BCUT2D eigenvalue weighted by Gasteiger charge is 2.10. The van der Waals surface area contributed by atoms with Crippen LogP contribution in [0.25, 0.3) is 0 Å². The summed E-state index contributed by atoms with van der Waals surface area (Å²) >= 11 is 1.46. The van der Waals surface area contributed by atoms with Gasteiger partial charge in [-0.1, -0.05) is 35.9 Å². The maximum atomic E-state index is 12.3. The van der Waals surface area contributed by atoms with Gasteiger partial charge in [-0.25, -0.2) is 0 Å². The predicted molar refractivity (Wildman–Crippen MR) is 108 cm³/mol. The van der Waals surface area contributed by atoms with Crippen molar-refractivity contribution in [3.63, 3.8) is 0 Å². The van der Waals surface area contributed by atoms with Gasteiger partial charge in [0.05, 0.1) is 4.88 Å². The summed E-state index contributed by atoms with van der Waals surface area (Å²) in [6, 6.07) is 17.6. The first-order valence-corrected chi connectivity index (χ1v) is 9.71. The van der Waals surface area contributed by atoms with Crippen molar-refractivity contribution >= 4 is 23.0 Å². The molecule has 1 aromatic carbocycles. The van der Waals surface area contributed by atoms with E-state index in [0.717, 1.165) is 10.4 Å². The van der Waals surface area contributed by atoms with Gasteiger partial charge in [-0.05, 0) is 43.7 Å². The standard InChI is InChI=1S/C22H22N2O2S/c1-16-6-9-18(10-7-16)15-24-14-4-3-5-21(24)23-22(26)13-11-19(25)20-12-8-17(2)27-20/h3-10,12,14H,11,13,15H2,1-2H3. The third-order valence-electron chi connectivity index (χ3n) is 4.21. The van der Waals surface area contributed by atoms with E-state index in [1.54, 1.807) is 0 Å². The summed E-state index contributed by atoms with van der Waals surface area (Å²) < 4.78 is 1.94. The lowest BCUT2D eigenvalue weighted by molar-refractivity contribution is -0.118. The van der Waals surface area contributed by atoms with E-state index in [9.17, 15) is 9.59 Å². The van der Waals surface area contributed by atoms with Gasteiger partial charge >= 0.3 is 0 Å². The number of aryl methyl sites for hydroxylation is 2. The van der Waals surface area contributed by atoms with Gasteiger partial charge in [0.2, 0.25) is 5.91 Å². The van der Waals surface area contributed by atoms with E-state index in [-0.39, 0.29) is 24.5 Å². The van der Waals surface area contributed by atoms with Crippen LogP contribution in [0.3, 0.4) is 0 Å². The largest absolute Gasteiger partial charge is 0.329 e. The number of carbonyl (C=O) groups is 2. The summed E-state index contributed by atoms with van der Waals surface area (Å²) in [6.07, 6.45) is 2.22. The van der Waals surface area contributed by atoms with Crippen molar-refractivity contribution in [1.82, 2.24) is 4.57 Å². The minimum atomic E-state index is -0.277. The van der Waals surface area contributed by atoms with Crippen molar-refractivity contribution in [2.75, 3.05) is 0 Å². The van der Waals surface area contributed by atoms with Crippen LogP contribution in [0.4, 0.5) is 0 Å². The number of ketones is 1.